The van der Waals surface area contributed by atoms with Crippen LogP contribution in [-0.2, 0) is 4.74 Å². The molecule has 0 amide bonds. The Kier molecular flexibility index (Phi) is 3.69. The number of aromatic amines is 1. The van der Waals surface area contributed by atoms with E-state index < -0.39 is 0 Å². The number of ether oxygens (including phenoxy) is 1. The quantitative estimate of drug-likeness (QED) is 0.802. The van der Waals surface area contributed by atoms with Crippen molar-refractivity contribution >= 4 is 16.6 Å². The van der Waals surface area contributed by atoms with Crippen LogP contribution < -0.4 is 4.90 Å². The van der Waals surface area contributed by atoms with E-state index in [1.807, 2.05) is 6.20 Å². The highest BCUT2D eigenvalue weighted by atomic mass is 16.5. The number of hydrogen-bond acceptors (Lipinski definition) is 5. The predicted octanol–water partition coefficient (Wildman–Crippen LogP) is 2.59. The topological polar surface area (TPSA) is 66.9 Å². The molecule has 0 spiro atoms. The van der Waals surface area contributed by atoms with E-state index in [4.69, 9.17) is 4.74 Å². The molecule has 0 radical (unpaired) electrons. The summed E-state index contributed by atoms with van der Waals surface area (Å²) in [6, 6.07) is 6.36. The molecule has 1 aromatic carbocycles. The zero-order valence-electron chi connectivity index (χ0n) is 14.2. The highest BCUT2D eigenvalue weighted by Crippen LogP contribution is 2.37. The van der Waals surface area contributed by atoms with Crippen molar-refractivity contribution in [1.29, 1.82) is 0 Å². The van der Waals surface area contributed by atoms with Gasteiger partial charge in [0.25, 0.3) is 0 Å². The maximum Gasteiger partial charge on any atom is 0.0899 e. The summed E-state index contributed by atoms with van der Waals surface area (Å²) in [6.07, 6.45) is 3.86. The molecular formula is C18H21N5O. The molecule has 1 saturated heterocycles. The number of hydrogen-bond donors (Lipinski definition) is 1. The summed E-state index contributed by atoms with van der Waals surface area (Å²) in [5.74, 6) is 0.209. The summed E-state index contributed by atoms with van der Waals surface area (Å²) in [5, 5.41) is 12.1. The first kappa shape index (κ1) is 15.1. The number of fused-ring (bicyclic) bond motifs is 1. The molecule has 0 saturated carbocycles. The van der Waals surface area contributed by atoms with Crippen molar-refractivity contribution < 1.29 is 4.74 Å². The second-order valence-electron chi connectivity index (χ2n) is 6.44. The minimum absolute atomic E-state index is 0.0996. The van der Waals surface area contributed by atoms with Crippen LogP contribution in [0.3, 0.4) is 0 Å². The van der Waals surface area contributed by atoms with E-state index in [2.05, 4.69) is 57.3 Å². The number of para-hydroxylation sites is 1. The molecule has 6 nitrogen and oxygen atoms in total. The van der Waals surface area contributed by atoms with Gasteiger partial charge in [-0.05, 0) is 25.0 Å². The Balaban J connectivity index is 1.78. The lowest BCUT2D eigenvalue weighted by Crippen LogP contribution is -2.23. The number of rotatable bonds is 3. The summed E-state index contributed by atoms with van der Waals surface area (Å²) < 4.78 is 5.74. The molecule has 3 heterocycles. The molecule has 1 N–H and O–H groups in total. The van der Waals surface area contributed by atoms with Gasteiger partial charge in [-0.1, -0.05) is 18.2 Å². The summed E-state index contributed by atoms with van der Waals surface area (Å²) in [4.78, 5) is 7.03. The van der Waals surface area contributed by atoms with Crippen LogP contribution in [0, 0.1) is 13.8 Å². The maximum atomic E-state index is 5.74. The van der Waals surface area contributed by atoms with Gasteiger partial charge in [-0.25, -0.2) is 0 Å². The molecule has 0 unspecified atom stereocenters. The predicted molar refractivity (Wildman–Crippen MR) is 93.4 cm³/mol. The molecule has 124 valence electrons. The first-order valence-corrected chi connectivity index (χ1v) is 8.17. The van der Waals surface area contributed by atoms with Crippen LogP contribution in [0.2, 0.25) is 0 Å². The SMILES string of the molecule is CO[C@@H]1CN(c2c(C)cnc3c(C)cccc23)C[C@H]1c1cn[nH]n1. The van der Waals surface area contributed by atoms with Crippen molar-refractivity contribution in [3.63, 3.8) is 0 Å². The largest absolute Gasteiger partial charge is 0.379 e. The van der Waals surface area contributed by atoms with Crippen molar-refractivity contribution in [3.8, 4) is 0 Å². The Bertz CT molecular complexity index is 861. The third-order valence-electron chi connectivity index (χ3n) is 4.95. The molecule has 1 aliphatic rings. The smallest absolute Gasteiger partial charge is 0.0899 e. The first-order valence-electron chi connectivity index (χ1n) is 8.17. The minimum atomic E-state index is 0.0996. The molecule has 6 heteroatoms. The van der Waals surface area contributed by atoms with E-state index in [1.165, 1.54) is 22.2 Å². The molecule has 3 aromatic rings. The second kappa shape index (κ2) is 5.87. The lowest BCUT2D eigenvalue weighted by Gasteiger charge is -2.23. The Morgan fingerprint density at radius 1 is 1.17 bits per heavy atom. The van der Waals surface area contributed by atoms with Gasteiger partial charge in [-0.15, -0.1) is 0 Å². The lowest BCUT2D eigenvalue weighted by atomic mass is 10.0. The molecule has 4 rings (SSSR count). The van der Waals surface area contributed by atoms with Gasteiger partial charge in [0.1, 0.15) is 0 Å². The van der Waals surface area contributed by atoms with Gasteiger partial charge in [0, 0.05) is 31.8 Å². The molecule has 0 aliphatic carbocycles. The van der Waals surface area contributed by atoms with E-state index in [9.17, 15) is 0 Å². The zero-order valence-corrected chi connectivity index (χ0v) is 14.2. The van der Waals surface area contributed by atoms with Gasteiger partial charge < -0.3 is 9.64 Å². The maximum absolute atomic E-state index is 5.74. The first-order chi connectivity index (χ1) is 11.7. The van der Waals surface area contributed by atoms with E-state index in [1.54, 1.807) is 13.3 Å². The number of methoxy groups -OCH3 is 1. The van der Waals surface area contributed by atoms with Crippen LogP contribution in [0.15, 0.2) is 30.6 Å². The van der Waals surface area contributed by atoms with E-state index in [0.717, 1.165) is 24.3 Å². The Morgan fingerprint density at radius 3 is 2.79 bits per heavy atom. The van der Waals surface area contributed by atoms with Gasteiger partial charge in [0.2, 0.25) is 0 Å². The highest BCUT2D eigenvalue weighted by Gasteiger charge is 2.36. The number of aromatic nitrogens is 4. The highest BCUT2D eigenvalue weighted by molar-refractivity contribution is 5.95. The average Bonchev–Trinajstić information content (AvgIpc) is 3.24. The molecular weight excluding hydrogens is 302 g/mol. The van der Waals surface area contributed by atoms with Crippen molar-refractivity contribution in [2.45, 2.75) is 25.9 Å². The minimum Gasteiger partial charge on any atom is -0.379 e. The number of nitrogens with one attached hydrogen (secondary N) is 1. The van der Waals surface area contributed by atoms with Gasteiger partial charge >= 0.3 is 0 Å². The monoisotopic (exact) mass is 323 g/mol. The van der Waals surface area contributed by atoms with Gasteiger partial charge in [0.15, 0.2) is 0 Å². The number of aryl methyl sites for hydroxylation is 2. The van der Waals surface area contributed by atoms with Gasteiger partial charge in [-0.2, -0.15) is 15.4 Å². The van der Waals surface area contributed by atoms with E-state index >= 15 is 0 Å². The third-order valence-corrected chi connectivity index (χ3v) is 4.95. The summed E-state index contributed by atoms with van der Waals surface area (Å²) in [5.41, 5.74) is 5.65. The van der Waals surface area contributed by atoms with E-state index in [0.29, 0.717) is 0 Å². The van der Waals surface area contributed by atoms with Gasteiger partial charge in [-0.3, -0.25) is 4.98 Å². The normalized spacial score (nSPS) is 20.9. The van der Waals surface area contributed by atoms with Gasteiger partial charge in [0.05, 0.1) is 35.1 Å². The summed E-state index contributed by atoms with van der Waals surface area (Å²) in [6.45, 7) is 5.92. The number of pyridine rings is 1. The van der Waals surface area contributed by atoms with Crippen LogP contribution in [0.4, 0.5) is 5.69 Å². The van der Waals surface area contributed by atoms with Crippen LogP contribution in [0.1, 0.15) is 22.7 Å². The molecule has 2 atom stereocenters. The number of nitrogens with zero attached hydrogens (tertiary/aromatic N) is 4. The number of anilines is 1. The average molecular weight is 323 g/mol. The van der Waals surface area contributed by atoms with Crippen LogP contribution in [0.5, 0.6) is 0 Å². The lowest BCUT2D eigenvalue weighted by molar-refractivity contribution is 0.106. The van der Waals surface area contributed by atoms with Crippen molar-refractivity contribution in [2.75, 3.05) is 25.1 Å². The molecule has 1 fully saturated rings. The summed E-state index contributed by atoms with van der Waals surface area (Å²) >= 11 is 0. The van der Waals surface area contributed by atoms with Crippen molar-refractivity contribution in [1.82, 2.24) is 20.4 Å². The van der Waals surface area contributed by atoms with Crippen LogP contribution in [-0.4, -0.2) is 46.7 Å². The number of benzene rings is 1. The molecule has 2 aromatic heterocycles. The Labute approximate surface area is 140 Å². The fourth-order valence-corrected chi connectivity index (χ4v) is 3.74. The fourth-order valence-electron chi connectivity index (χ4n) is 3.74. The Hall–Kier alpha value is -2.47. The zero-order chi connectivity index (χ0) is 16.7. The molecule has 24 heavy (non-hydrogen) atoms. The second-order valence-corrected chi connectivity index (χ2v) is 6.44. The molecule has 1 aliphatic heterocycles. The Morgan fingerprint density at radius 2 is 2.04 bits per heavy atom. The summed E-state index contributed by atoms with van der Waals surface area (Å²) in [7, 11) is 1.77. The number of H-pyrrole nitrogens is 1. The molecule has 0 bridgehead atoms. The van der Waals surface area contributed by atoms with Crippen molar-refractivity contribution in [2.24, 2.45) is 0 Å². The van der Waals surface area contributed by atoms with Crippen molar-refractivity contribution in [3.05, 3.63) is 47.4 Å². The van der Waals surface area contributed by atoms with Crippen LogP contribution >= 0.6 is 0 Å². The van der Waals surface area contributed by atoms with Crippen LogP contribution in [0.25, 0.3) is 10.9 Å². The standard InChI is InChI=1S/C18H21N5O/c1-11-5-4-6-13-17(11)19-7-12(2)18(13)23-9-14(16(10-23)24-3)15-8-20-22-21-15/h4-8,14,16H,9-10H2,1-3H3,(H,20,21,22)/t14-,16+/m0/s1. The fraction of sp³-hybridized carbons (Fsp3) is 0.389. The van der Waals surface area contributed by atoms with E-state index in [-0.39, 0.29) is 12.0 Å². The third kappa shape index (κ3) is 2.34.